The highest BCUT2D eigenvalue weighted by Gasteiger charge is 2.03. The minimum Gasteiger partial charge on any atom is -0.356 e. The minimum absolute atomic E-state index is 0.0141. The SMILES string of the molecule is CC(=O)NCCCNCc1ncc(-c2ccc(Br)cc2)[nH]1. The van der Waals surface area contributed by atoms with E-state index < -0.39 is 0 Å². The molecule has 3 N–H and O–H groups in total. The van der Waals surface area contributed by atoms with Crippen LogP contribution in [0, 0.1) is 0 Å². The van der Waals surface area contributed by atoms with E-state index in [2.05, 4.69) is 36.5 Å². The Balaban J connectivity index is 1.76. The van der Waals surface area contributed by atoms with Gasteiger partial charge in [0.2, 0.25) is 5.91 Å². The van der Waals surface area contributed by atoms with E-state index in [0.29, 0.717) is 13.1 Å². The lowest BCUT2D eigenvalue weighted by molar-refractivity contribution is -0.118. The molecule has 1 heterocycles. The molecule has 2 rings (SSSR count). The standard InChI is InChI=1S/C15H19BrN4O/c1-11(21)18-8-2-7-17-10-15-19-9-14(20-15)12-3-5-13(16)6-4-12/h3-6,9,17H,2,7-8,10H2,1H3,(H,18,21)(H,19,20). The number of benzene rings is 1. The third-order valence-electron chi connectivity index (χ3n) is 2.98. The summed E-state index contributed by atoms with van der Waals surface area (Å²) in [5, 5.41) is 6.06. The summed E-state index contributed by atoms with van der Waals surface area (Å²) in [6, 6.07) is 8.11. The van der Waals surface area contributed by atoms with Crippen molar-refractivity contribution in [2.45, 2.75) is 19.9 Å². The first-order chi connectivity index (χ1) is 10.1. The van der Waals surface area contributed by atoms with Crippen LogP contribution in [0.25, 0.3) is 11.3 Å². The Morgan fingerprint density at radius 1 is 1.29 bits per heavy atom. The second-order valence-electron chi connectivity index (χ2n) is 4.76. The Labute approximate surface area is 132 Å². The number of halogens is 1. The summed E-state index contributed by atoms with van der Waals surface area (Å²) >= 11 is 3.42. The molecule has 0 aliphatic carbocycles. The van der Waals surface area contributed by atoms with Crippen LogP contribution in [0.15, 0.2) is 34.9 Å². The fourth-order valence-electron chi connectivity index (χ4n) is 1.91. The van der Waals surface area contributed by atoms with Crippen LogP contribution in [0.1, 0.15) is 19.2 Å². The Kier molecular flexibility index (Phi) is 5.95. The lowest BCUT2D eigenvalue weighted by Gasteiger charge is -2.03. The second kappa shape index (κ2) is 7.95. The number of nitrogens with zero attached hydrogens (tertiary/aromatic N) is 1. The molecular formula is C15H19BrN4O. The highest BCUT2D eigenvalue weighted by molar-refractivity contribution is 9.10. The monoisotopic (exact) mass is 350 g/mol. The van der Waals surface area contributed by atoms with Crippen molar-refractivity contribution >= 4 is 21.8 Å². The van der Waals surface area contributed by atoms with Gasteiger partial charge >= 0.3 is 0 Å². The van der Waals surface area contributed by atoms with E-state index in [4.69, 9.17) is 0 Å². The smallest absolute Gasteiger partial charge is 0.216 e. The van der Waals surface area contributed by atoms with Gasteiger partial charge in [-0.1, -0.05) is 28.1 Å². The van der Waals surface area contributed by atoms with Crippen molar-refractivity contribution in [3.63, 3.8) is 0 Å². The summed E-state index contributed by atoms with van der Waals surface area (Å²) in [4.78, 5) is 18.4. The third kappa shape index (κ3) is 5.32. The third-order valence-corrected chi connectivity index (χ3v) is 3.51. The van der Waals surface area contributed by atoms with Crippen molar-refractivity contribution in [3.8, 4) is 11.3 Å². The molecule has 21 heavy (non-hydrogen) atoms. The first-order valence-electron chi connectivity index (χ1n) is 6.90. The fourth-order valence-corrected chi connectivity index (χ4v) is 2.18. The van der Waals surface area contributed by atoms with E-state index in [1.807, 2.05) is 30.5 Å². The summed E-state index contributed by atoms with van der Waals surface area (Å²) in [7, 11) is 0. The van der Waals surface area contributed by atoms with Gasteiger partial charge in [0.05, 0.1) is 18.4 Å². The maximum Gasteiger partial charge on any atom is 0.216 e. The topological polar surface area (TPSA) is 69.8 Å². The van der Waals surface area contributed by atoms with E-state index in [-0.39, 0.29) is 5.91 Å². The predicted octanol–water partition coefficient (Wildman–Crippen LogP) is 2.46. The van der Waals surface area contributed by atoms with Crippen molar-refractivity contribution < 1.29 is 4.79 Å². The van der Waals surface area contributed by atoms with E-state index in [0.717, 1.165) is 34.5 Å². The number of aromatic amines is 1. The fraction of sp³-hybridized carbons (Fsp3) is 0.333. The molecule has 0 atom stereocenters. The molecule has 1 aromatic carbocycles. The molecule has 0 aliphatic heterocycles. The molecular weight excluding hydrogens is 332 g/mol. The lowest BCUT2D eigenvalue weighted by atomic mass is 10.2. The zero-order valence-electron chi connectivity index (χ0n) is 11.9. The molecule has 5 nitrogen and oxygen atoms in total. The summed E-state index contributed by atoms with van der Waals surface area (Å²) in [6.45, 7) is 3.76. The maximum absolute atomic E-state index is 10.7. The van der Waals surface area contributed by atoms with Gasteiger partial charge in [0.25, 0.3) is 0 Å². The average Bonchev–Trinajstić information content (AvgIpc) is 2.92. The number of carbonyl (C=O) groups excluding carboxylic acids is 1. The van der Waals surface area contributed by atoms with E-state index in [9.17, 15) is 4.79 Å². The molecule has 1 aromatic heterocycles. The van der Waals surface area contributed by atoms with Gasteiger partial charge in [-0.15, -0.1) is 0 Å². The first kappa shape index (κ1) is 15.7. The largest absolute Gasteiger partial charge is 0.356 e. The van der Waals surface area contributed by atoms with Crippen molar-refractivity contribution in [2.75, 3.05) is 13.1 Å². The summed E-state index contributed by atoms with van der Waals surface area (Å²) < 4.78 is 1.06. The number of carbonyl (C=O) groups is 1. The number of amides is 1. The zero-order valence-corrected chi connectivity index (χ0v) is 13.5. The highest BCUT2D eigenvalue weighted by atomic mass is 79.9. The van der Waals surface area contributed by atoms with Gasteiger partial charge in [-0.2, -0.15) is 0 Å². The van der Waals surface area contributed by atoms with Crippen LogP contribution in [0.3, 0.4) is 0 Å². The van der Waals surface area contributed by atoms with Gasteiger partial charge in [-0.3, -0.25) is 4.79 Å². The van der Waals surface area contributed by atoms with Crippen molar-refractivity contribution in [2.24, 2.45) is 0 Å². The van der Waals surface area contributed by atoms with Crippen LogP contribution in [0.2, 0.25) is 0 Å². The summed E-state index contributed by atoms with van der Waals surface area (Å²) in [6.07, 6.45) is 2.75. The Hall–Kier alpha value is -1.66. The van der Waals surface area contributed by atoms with Gasteiger partial charge in [-0.05, 0) is 30.7 Å². The number of hydrogen-bond donors (Lipinski definition) is 3. The molecule has 2 aromatic rings. The van der Waals surface area contributed by atoms with E-state index in [1.165, 1.54) is 6.92 Å². The van der Waals surface area contributed by atoms with Crippen molar-refractivity contribution in [1.29, 1.82) is 0 Å². The molecule has 0 spiro atoms. The highest BCUT2D eigenvalue weighted by Crippen LogP contribution is 2.19. The molecule has 112 valence electrons. The van der Waals surface area contributed by atoms with Gasteiger partial charge in [0.15, 0.2) is 0 Å². The van der Waals surface area contributed by atoms with Crippen LogP contribution in [-0.2, 0) is 11.3 Å². The zero-order chi connectivity index (χ0) is 15.1. The quantitative estimate of drug-likeness (QED) is 0.671. The number of hydrogen-bond acceptors (Lipinski definition) is 3. The molecule has 0 unspecified atom stereocenters. The van der Waals surface area contributed by atoms with E-state index in [1.54, 1.807) is 0 Å². The Morgan fingerprint density at radius 2 is 2.05 bits per heavy atom. The molecule has 0 saturated heterocycles. The van der Waals surface area contributed by atoms with Gasteiger partial charge in [0.1, 0.15) is 5.82 Å². The number of aromatic nitrogens is 2. The lowest BCUT2D eigenvalue weighted by Crippen LogP contribution is -2.25. The van der Waals surface area contributed by atoms with Crippen LogP contribution >= 0.6 is 15.9 Å². The van der Waals surface area contributed by atoms with Gasteiger partial charge < -0.3 is 15.6 Å². The normalized spacial score (nSPS) is 10.6. The average molecular weight is 351 g/mol. The van der Waals surface area contributed by atoms with Crippen molar-refractivity contribution in [1.82, 2.24) is 20.6 Å². The predicted molar refractivity (Wildman–Crippen MR) is 86.7 cm³/mol. The minimum atomic E-state index is 0.0141. The number of nitrogens with one attached hydrogen (secondary N) is 3. The Bertz CT molecular complexity index is 580. The van der Waals surface area contributed by atoms with Crippen molar-refractivity contribution in [3.05, 3.63) is 40.8 Å². The number of imidazole rings is 1. The van der Waals surface area contributed by atoms with Gasteiger partial charge in [0, 0.05) is 17.9 Å². The molecule has 6 heteroatoms. The molecule has 0 bridgehead atoms. The second-order valence-corrected chi connectivity index (χ2v) is 5.68. The molecule has 1 amide bonds. The van der Waals surface area contributed by atoms with Crippen LogP contribution in [0.4, 0.5) is 0 Å². The first-order valence-corrected chi connectivity index (χ1v) is 7.69. The summed E-state index contributed by atoms with van der Waals surface area (Å²) in [5.41, 5.74) is 2.13. The molecule has 0 aliphatic rings. The Morgan fingerprint density at radius 3 is 2.76 bits per heavy atom. The van der Waals surface area contributed by atoms with Crippen LogP contribution in [0.5, 0.6) is 0 Å². The molecule has 0 saturated carbocycles. The molecule has 0 radical (unpaired) electrons. The molecule has 0 fully saturated rings. The van der Waals surface area contributed by atoms with Crippen LogP contribution in [-0.4, -0.2) is 29.0 Å². The van der Waals surface area contributed by atoms with E-state index >= 15 is 0 Å². The summed E-state index contributed by atoms with van der Waals surface area (Å²) in [5.74, 6) is 0.924. The number of rotatable bonds is 7. The number of H-pyrrole nitrogens is 1. The van der Waals surface area contributed by atoms with Crippen LogP contribution < -0.4 is 10.6 Å². The van der Waals surface area contributed by atoms with Gasteiger partial charge in [-0.25, -0.2) is 4.98 Å². The maximum atomic E-state index is 10.7.